The molecule has 0 spiro atoms. The molecule has 0 amide bonds. The molecule has 56 heavy (non-hydrogen) atoms. The van der Waals surface area contributed by atoms with E-state index < -0.39 is 21.3 Å². The maximum absolute atomic E-state index is 3.11. The van der Waals surface area contributed by atoms with Crippen LogP contribution in [0, 0.1) is 11.3 Å². The Hall–Kier alpha value is -2.89. The Bertz CT molecular complexity index is 2070. The summed E-state index contributed by atoms with van der Waals surface area (Å²) in [5.41, 5.74) is 18.2. The second kappa shape index (κ2) is 15.0. The van der Waals surface area contributed by atoms with Gasteiger partial charge in [0.2, 0.25) is 0 Å². The molecule has 0 fully saturated rings. The molecule has 0 radical (unpaired) electrons. The van der Waals surface area contributed by atoms with Crippen molar-refractivity contribution in [3.8, 4) is 11.1 Å². The summed E-state index contributed by atoms with van der Waals surface area (Å²) in [6.45, 7) is 40.6. The van der Waals surface area contributed by atoms with E-state index in [1.54, 1.807) is 25.5 Å². The van der Waals surface area contributed by atoms with Crippen molar-refractivity contribution in [3.63, 3.8) is 0 Å². The molecule has 2 aliphatic rings. The summed E-state index contributed by atoms with van der Waals surface area (Å²) in [6, 6.07) is 34.9. The first-order valence-corrected chi connectivity index (χ1v) is 25.4. The minimum atomic E-state index is -3.11. The predicted octanol–water partition coefficient (Wildman–Crippen LogP) is 15.5. The summed E-state index contributed by atoms with van der Waals surface area (Å²) < 4.78 is 3.84. The first-order chi connectivity index (χ1) is 25.9. The molecule has 1 atom stereocenters. The summed E-state index contributed by atoms with van der Waals surface area (Å²) in [4.78, 5) is 0. The monoisotopic (exact) mass is 822 g/mol. The topological polar surface area (TPSA) is 0 Å². The molecule has 1 heteroatoms. The Morgan fingerprint density at radius 2 is 0.857 bits per heavy atom. The predicted molar refractivity (Wildman–Crippen MR) is 243 cm³/mol. The molecule has 0 bridgehead atoms. The molecule has 0 saturated carbocycles. The van der Waals surface area contributed by atoms with Crippen LogP contribution in [0.15, 0.2) is 105 Å². The van der Waals surface area contributed by atoms with Gasteiger partial charge >= 0.3 is 353 Å². The third-order valence-electron chi connectivity index (χ3n) is 12.7. The van der Waals surface area contributed by atoms with E-state index in [9.17, 15) is 0 Å². The standard InChI is InChI=1S/C21H25.C21H26.C13H21.Zr/c1-20(2,3)16-7-9-18-14(12-16)11-15-13-17(21(4,5)6)8-10-19(15)18;1-20(2,3)18-11-7-16(8-12-18)15-17-9-13-19(14-10-17)21(4,5)6;1-6-10-8-11(7-2)12(9-10)13(3,4)5;/h7-13H,1-6H3;7-14H,1-6H3;9-10H,6-7H2,1-5H3;. The number of fused-ring (bicyclic) bond motifs is 3. The van der Waals surface area contributed by atoms with Crippen LogP contribution in [0.5, 0.6) is 0 Å². The van der Waals surface area contributed by atoms with Gasteiger partial charge in [-0.25, -0.2) is 0 Å². The normalized spacial score (nSPS) is 16.6. The summed E-state index contributed by atoms with van der Waals surface area (Å²) in [5, 5.41) is 0. The van der Waals surface area contributed by atoms with E-state index >= 15 is 0 Å². The quantitative estimate of drug-likeness (QED) is 0.182. The Balaban J connectivity index is 1.86. The van der Waals surface area contributed by atoms with Crippen molar-refractivity contribution >= 4 is 3.21 Å². The van der Waals surface area contributed by atoms with Crippen LogP contribution in [0.25, 0.3) is 11.1 Å². The van der Waals surface area contributed by atoms with Crippen LogP contribution in [0.4, 0.5) is 0 Å². The summed E-state index contributed by atoms with van der Waals surface area (Å²) in [7, 11) is 0. The van der Waals surface area contributed by atoms with Gasteiger partial charge in [-0.2, -0.15) is 0 Å². The molecule has 0 heterocycles. The molecule has 0 saturated heterocycles. The minimum absolute atomic E-state index is 0.0562. The van der Waals surface area contributed by atoms with Gasteiger partial charge in [0, 0.05) is 0 Å². The molecule has 2 aliphatic carbocycles. The Kier molecular flexibility index (Phi) is 11.5. The van der Waals surface area contributed by atoms with Gasteiger partial charge < -0.3 is 0 Å². The number of rotatable bonds is 6. The fourth-order valence-electron chi connectivity index (χ4n) is 9.21. The van der Waals surface area contributed by atoms with Gasteiger partial charge in [-0.05, 0) is 0 Å². The van der Waals surface area contributed by atoms with E-state index in [0.29, 0.717) is 9.54 Å². The number of benzene rings is 4. The van der Waals surface area contributed by atoms with Crippen molar-refractivity contribution in [2.45, 2.75) is 156 Å². The van der Waals surface area contributed by atoms with Gasteiger partial charge in [0.25, 0.3) is 0 Å². The van der Waals surface area contributed by atoms with E-state index in [0.717, 1.165) is 12.8 Å². The number of allylic oxidation sites excluding steroid dienone is 4. The Morgan fingerprint density at radius 3 is 1.18 bits per heavy atom. The second-order valence-electron chi connectivity index (χ2n) is 22.1. The molecule has 6 rings (SSSR count). The van der Waals surface area contributed by atoms with E-state index in [1.807, 2.05) is 3.28 Å². The zero-order valence-electron chi connectivity index (χ0n) is 38.2. The van der Waals surface area contributed by atoms with Crippen LogP contribution in [-0.4, -0.2) is 3.21 Å². The molecular formula is C55H72Zr. The van der Waals surface area contributed by atoms with Crippen molar-refractivity contribution in [1.29, 1.82) is 0 Å². The third kappa shape index (κ3) is 8.20. The van der Waals surface area contributed by atoms with Crippen molar-refractivity contribution in [2.75, 3.05) is 0 Å². The third-order valence-corrected chi connectivity index (χ3v) is 21.4. The summed E-state index contributed by atoms with van der Waals surface area (Å²) in [6.07, 6.45) is 4.94. The van der Waals surface area contributed by atoms with Crippen LogP contribution >= 0.6 is 0 Å². The fourth-order valence-corrected chi connectivity index (χ4v) is 19.7. The van der Waals surface area contributed by atoms with Crippen LogP contribution in [0.2, 0.25) is 0 Å². The molecule has 0 aliphatic heterocycles. The van der Waals surface area contributed by atoms with Gasteiger partial charge in [0.1, 0.15) is 0 Å². The average Bonchev–Trinajstić information content (AvgIpc) is 3.64. The zero-order chi connectivity index (χ0) is 41.3. The van der Waals surface area contributed by atoms with E-state index in [1.165, 1.54) is 44.5 Å². The number of hydrogen-bond acceptors (Lipinski definition) is 0. The van der Waals surface area contributed by atoms with Crippen LogP contribution < -0.4 is 0 Å². The van der Waals surface area contributed by atoms with E-state index in [4.69, 9.17) is 0 Å². The summed E-state index contributed by atoms with van der Waals surface area (Å²) >= 11 is -3.11. The maximum atomic E-state index is 2.73. The van der Waals surface area contributed by atoms with Crippen molar-refractivity contribution in [1.82, 2.24) is 0 Å². The molecule has 0 nitrogen and oxygen atoms in total. The van der Waals surface area contributed by atoms with Gasteiger partial charge in [0.05, 0.1) is 0 Å². The molecule has 4 aromatic rings. The van der Waals surface area contributed by atoms with E-state index in [2.05, 4.69) is 209 Å². The second-order valence-corrected chi connectivity index (χ2v) is 28.1. The fraction of sp³-hybridized carbons (Fsp3) is 0.473. The number of hydrogen-bond donors (Lipinski definition) is 0. The SMILES string of the molecule is CCC1=[C]([Zr](=[C](c2ccc(C(C)(C)C)cc2)c2ccc(C(C)(C)C)cc2)[CH]2c3cc(C(C)(C)C)ccc3-c3ccc(C(C)(C)C)cc32)C(CC)C=C1C(C)(C)C. The Labute approximate surface area is 350 Å². The van der Waals surface area contributed by atoms with Crippen molar-refractivity contribution in [2.24, 2.45) is 11.3 Å². The molecular weight excluding hydrogens is 752 g/mol. The average molecular weight is 824 g/mol. The molecule has 296 valence electrons. The van der Waals surface area contributed by atoms with Gasteiger partial charge in [-0.15, -0.1) is 0 Å². The van der Waals surface area contributed by atoms with Crippen LogP contribution in [-0.2, 0) is 42.9 Å². The molecule has 0 aromatic heterocycles. The van der Waals surface area contributed by atoms with Gasteiger partial charge in [-0.1, -0.05) is 0 Å². The zero-order valence-corrected chi connectivity index (χ0v) is 40.7. The van der Waals surface area contributed by atoms with E-state index in [-0.39, 0.29) is 27.1 Å². The molecule has 0 N–H and O–H groups in total. The van der Waals surface area contributed by atoms with Crippen molar-refractivity contribution in [3.05, 3.63) is 150 Å². The van der Waals surface area contributed by atoms with Crippen LogP contribution in [0.1, 0.15) is 179 Å². The van der Waals surface area contributed by atoms with Gasteiger partial charge in [-0.3, -0.25) is 0 Å². The first-order valence-electron chi connectivity index (χ1n) is 21.6. The first kappa shape index (κ1) is 42.7. The van der Waals surface area contributed by atoms with Crippen molar-refractivity contribution < 1.29 is 21.3 Å². The Morgan fingerprint density at radius 1 is 0.482 bits per heavy atom. The molecule has 4 aromatic carbocycles. The molecule has 1 unspecified atom stereocenters. The van der Waals surface area contributed by atoms with Gasteiger partial charge in [0.15, 0.2) is 0 Å². The summed E-state index contributed by atoms with van der Waals surface area (Å²) in [5.74, 6) is 0.454. The van der Waals surface area contributed by atoms with Crippen LogP contribution in [0.3, 0.4) is 0 Å².